The highest BCUT2D eigenvalue weighted by atomic mass is 32.2. The summed E-state index contributed by atoms with van der Waals surface area (Å²) in [7, 11) is -4.18. The van der Waals surface area contributed by atoms with E-state index >= 15 is 0 Å². The predicted octanol–water partition coefficient (Wildman–Crippen LogP) is 1.33. The normalized spacial score (nSPS) is 22.4. The molecule has 3 aliphatic heterocycles. The Labute approximate surface area is 214 Å². The van der Waals surface area contributed by atoms with Crippen molar-refractivity contribution in [1.82, 2.24) is 29.4 Å². The summed E-state index contributed by atoms with van der Waals surface area (Å²) in [6, 6.07) is 3.02. The molecule has 0 unspecified atom stereocenters. The van der Waals surface area contributed by atoms with E-state index in [1.54, 1.807) is 4.52 Å². The molecule has 37 heavy (non-hydrogen) atoms. The van der Waals surface area contributed by atoms with Gasteiger partial charge in [-0.25, -0.2) is 26.1 Å². The third-order valence-electron chi connectivity index (χ3n) is 6.87. The van der Waals surface area contributed by atoms with Crippen molar-refractivity contribution in [3.05, 3.63) is 23.3 Å². The summed E-state index contributed by atoms with van der Waals surface area (Å²) in [5.74, 6) is 0.507. The predicted molar refractivity (Wildman–Crippen MR) is 127 cm³/mol. The zero-order valence-corrected chi connectivity index (χ0v) is 21.2. The van der Waals surface area contributed by atoms with Crippen LogP contribution in [0.3, 0.4) is 0 Å². The number of pyridine rings is 1. The van der Waals surface area contributed by atoms with Gasteiger partial charge in [0.1, 0.15) is 18.0 Å². The largest absolute Gasteiger partial charge is 0.378 e. The lowest BCUT2D eigenvalue weighted by atomic mass is 10.0. The number of anilines is 1. The maximum atomic E-state index is 13.7. The molecule has 1 N–H and O–H groups in total. The van der Waals surface area contributed by atoms with Gasteiger partial charge in [-0.05, 0) is 6.07 Å². The zero-order valence-electron chi connectivity index (χ0n) is 19.5. The fourth-order valence-electron chi connectivity index (χ4n) is 4.83. The molecule has 0 aliphatic carbocycles. The van der Waals surface area contributed by atoms with Gasteiger partial charge in [-0.3, -0.25) is 4.90 Å². The van der Waals surface area contributed by atoms with Gasteiger partial charge in [0.05, 0.1) is 54.6 Å². The van der Waals surface area contributed by atoms with E-state index in [2.05, 4.69) is 24.9 Å². The molecule has 0 bridgehead atoms. The van der Waals surface area contributed by atoms with Crippen LogP contribution in [0.1, 0.15) is 11.4 Å². The topological polar surface area (TPSA) is 114 Å². The number of piperazine rings is 1. The number of aromatic nitrogens is 4. The molecular formula is C21H24F3N7O4S2. The van der Waals surface area contributed by atoms with Gasteiger partial charge in [-0.2, -0.15) is 9.82 Å². The van der Waals surface area contributed by atoms with Crippen LogP contribution in [-0.2, 0) is 19.5 Å². The minimum absolute atomic E-state index is 0.0689. The second-order valence-electron chi connectivity index (χ2n) is 9.37. The fraction of sp³-hybridized carbons (Fsp3) is 0.571. The lowest BCUT2D eigenvalue weighted by Crippen LogP contribution is -2.63. The van der Waals surface area contributed by atoms with Crippen molar-refractivity contribution in [2.75, 3.05) is 64.2 Å². The van der Waals surface area contributed by atoms with Crippen LogP contribution >= 0.6 is 11.3 Å². The molecule has 3 aliphatic rings. The molecule has 3 aromatic heterocycles. The first-order valence-electron chi connectivity index (χ1n) is 11.7. The number of morpholine rings is 1. The summed E-state index contributed by atoms with van der Waals surface area (Å²) in [4.78, 5) is 4.26. The maximum absolute atomic E-state index is 13.7. The molecule has 3 saturated heterocycles. The van der Waals surface area contributed by atoms with E-state index in [4.69, 9.17) is 9.47 Å². The average Bonchev–Trinajstić information content (AvgIpc) is 3.53. The van der Waals surface area contributed by atoms with E-state index < -0.39 is 33.7 Å². The summed E-state index contributed by atoms with van der Waals surface area (Å²) in [5, 5.41) is 11.6. The standard InChI is InChI=1S/C21H24F3N7O4S2/c22-10-21(11-35-12-21)28-37(32,33)14-5-16-15(19-26-27-20(36-19)18(23)24)7-25-31(16)17(6-14)30-2-1-29-3-4-34-9-13(29)8-30/h5-7,13,18,28H,1-4,8-12H2/t13-/m1/s1. The number of hydrogen-bond acceptors (Lipinski definition) is 10. The molecular weight excluding hydrogens is 535 g/mol. The Bertz CT molecular complexity index is 1410. The van der Waals surface area contributed by atoms with Gasteiger partial charge in [0.15, 0.2) is 10.0 Å². The highest BCUT2D eigenvalue weighted by molar-refractivity contribution is 7.89. The van der Waals surface area contributed by atoms with Crippen molar-refractivity contribution < 1.29 is 31.1 Å². The smallest absolute Gasteiger partial charge is 0.291 e. The van der Waals surface area contributed by atoms with Crippen LogP contribution < -0.4 is 9.62 Å². The quantitative estimate of drug-likeness (QED) is 0.458. The molecule has 16 heteroatoms. The minimum Gasteiger partial charge on any atom is -0.378 e. The van der Waals surface area contributed by atoms with Crippen molar-refractivity contribution in [3.63, 3.8) is 0 Å². The highest BCUT2D eigenvalue weighted by Gasteiger charge is 2.43. The number of rotatable bonds is 7. The molecule has 0 saturated carbocycles. The Balaban J connectivity index is 1.45. The van der Waals surface area contributed by atoms with Crippen LogP contribution in [0, 0.1) is 0 Å². The molecule has 3 aromatic rings. The van der Waals surface area contributed by atoms with Crippen molar-refractivity contribution in [1.29, 1.82) is 0 Å². The first-order chi connectivity index (χ1) is 17.8. The van der Waals surface area contributed by atoms with Crippen molar-refractivity contribution in [2.45, 2.75) is 22.9 Å². The minimum atomic E-state index is -4.18. The van der Waals surface area contributed by atoms with E-state index in [-0.39, 0.29) is 29.2 Å². The molecule has 3 fully saturated rings. The monoisotopic (exact) mass is 559 g/mol. The summed E-state index contributed by atoms with van der Waals surface area (Å²) < 4.78 is 81.6. The van der Waals surface area contributed by atoms with Gasteiger partial charge in [-0.15, -0.1) is 10.2 Å². The molecule has 6 heterocycles. The van der Waals surface area contributed by atoms with E-state index in [9.17, 15) is 21.6 Å². The number of alkyl halides is 3. The van der Waals surface area contributed by atoms with Gasteiger partial charge in [0.2, 0.25) is 10.0 Å². The first-order valence-corrected chi connectivity index (χ1v) is 14.0. The third kappa shape index (κ3) is 4.48. The molecule has 0 amide bonds. The van der Waals surface area contributed by atoms with Gasteiger partial charge in [0.25, 0.3) is 6.43 Å². The molecule has 0 aromatic carbocycles. The van der Waals surface area contributed by atoms with Crippen molar-refractivity contribution in [3.8, 4) is 10.6 Å². The fourth-order valence-corrected chi connectivity index (χ4v) is 6.94. The average molecular weight is 560 g/mol. The molecule has 0 radical (unpaired) electrons. The Hall–Kier alpha value is -2.37. The van der Waals surface area contributed by atoms with Crippen LogP contribution in [0.4, 0.5) is 19.0 Å². The lowest BCUT2D eigenvalue weighted by Gasteiger charge is -2.44. The van der Waals surface area contributed by atoms with Gasteiger partial charge in [0, 0.05) is 32.2 Å². The highest BCUT2D eigenvalue weighted by Crippen LogP contribution is 2.35. The Morgan fingerprint density at radius 3 is 2.73 bits per heavy atom. The first kappa shape index (κ1) is 24.9. The summed E-state index contributed by atoms with van der Waals surface area (Å²) >= 11 is 0.716. The van der Waals surface area contributed by atoms with Crippen LogP contribution in [0.25, 0.3) is 16.1 Å². The lowest BCUT2D eigenvalue weighted by molar-refractivity contribution is -0.0725. The summed E-state index contributed by atoms with van der Waals surface area (Å²) in [6.07, 6.45) is -1.32. The Morgan fingerprint density at radius 1 is 1.19 bits per heavy atom. The van der Waals surface area contributed by atoms with Crippen LogP contribution in [0.2, 0.25) is 0 Å². The number of nitrogens with zero attached hydrogens (tertiary/aromatic N) is 6. The molecule has 6 rings (SSSR count). The number of nitrogens with one attached hydrogen (secondary N) is 1. The number of halogens is 3. The molecule has 0 spiro atoms. The third-order valence-corrected chi connectivity index (χ3v) is 9.39. The van der Waals surface area contributed by atoms with E-state index in [1.807, 2.05) is 4.90 Å². The summed E-state index contributed by atoms with van der Waals surface area (Å²) in [5.41, 5.74) is -0.587. The molecule has 1 atom stereocenters. The van der Waals surface area contributed by atoms with Gasteiger partial charge < -0.3 is 14.4 Å². The number of fused-ring (bicyclic) bond motifs is 2. The van der Waals surface area contributed by atoms with Crippen LogP contribution in [0.15, 0.2) is 23.2 Å². The molecule has 11 nitrogen and oxygen atoms in total. The number of hydrogen-bond donors (Lipinski definition) is 1. The van der Waals surface area contributed by atoms with Crippen LogP contribution in [0.5, 0.6) is 0 Å². The second kappa shape index (κ2) is 9.43. The van der Waals surface area contributed by atoms with E-state index in [0.29, 0.717) is 54.5 Å². The Kier molecular flexibility index (Phi) is 6.35. The number of sulfonamides is 1. The SMILES string of the molecule is O=S(=O)(NC1(CF)COC1)c1cc(N2CCN3CCOC[C@H]3C2)n2ncc(-c3nnc(C(F)F)s3)c2c1. The maximum Gasteiger partial charge on any atom is 0.291 e. The second-order valence-corrected chi connectivity index (χ2v) is 12.1. The van der Waals surface area contributed by atoms with Gasteiger partial charge >= 0.3 is 0 Å². The van der Waals surface area contributed by atoms with E-state index in [0.717, 1.165) is 13.1 Å². The summed E-state index contributed by atoms with van der Waals surface area (Å²) in [6.45, 7) is 2.97. The number of ether oxygens (including phenoxy) is 2. The van der Waals surface area contributed by atoms with Crippen molar-refractivity contribution in [2.24, 2.45) is 0 Å². The van der Waals surface area contributed by atoms with Crippen molar-refractivity contribution >= 4 is 32.7 Å². The van der Waals surface area contributed by atoms with Crippen LogP contribution in [-0.4, -0.2) is 104 Å². The van der Waals surface area contributed by atoms with E-state index in [1.165, 1.54) is 18.3 Å². The Morgan fingerprint density at radius 2 is 2.03 bits per heavy atom. The molecule has 200 valence electrons. The van der Waals surface area contributed by atoms with Gasteiger partial charge in [-0.1, -0.05) is 11.3 Å². The zero-order chi connectivity index (χ0) is 25.8.